The Labute approximate surface area is 255 Å². The second kappa shape index (κ2) is 17.6. The lowest BCUT2D eigenvalue weighted by Gasteiger charge is -2.34. The Kier molecular flexibility index (Phi) is 14.3. The van der Waals surface area contributed by atoms with Crippen molar-refractivity contribution in [2.45, 2.75) is 96.9 Å². The fourth-order valence-electron chi connectivity index (χ4n) is 4.56. The van der Waals surface area contributed by atoms with E-state index in [-0.39, 0.29) is 31.8 Å². The molecule has 0 radical (unpaired) electrons. The van der Waals surface area contributed by atoms with Crippen molar-refractivity contribution in [2.24, 2.45) is 5.73 Å². The third-order valence-electron chi connectivity index (χ3n) is 6.72. The van der Waals surface area contributed by atoms with Crippen LogP contribution in [0, 0.1) is 12.3 Å². The van der Waals surface area contributed by atoms with E-state index in [0.29, 0.717) is 17.5 Å². The van der Waals surface area contributed by atoms with Crippen molar-refractivity contribution in [1.29, 1.82) is 0 Å². The van der Waals surface area contributed by atoms with Crippen LogP contribution in [0.3, 0.4) is 0 Å². The smallest absolute Gasteiger partial charge is 0.408 e. The number of nitrogens with two attached hydrogens (primary N) is 1. The average molecular weight is 591 g/mol. The first-order chi connectivity index (χ1) is 20.4. The number of benzene rings is 2. The topological polar surface area (TPSA) is 131 Å². The number of hydrogen-bond acceptors (Lipinski definition) is 5. The van der Waals surface area contributed by atoms with Crippen molar-refractivity contribution < 1.29 is 23.9 Å². The van der Waals surface area contributed by atoms with Gasteiger partial charge in [-0.25, -0.2) is 4.79 Å². The maximum Gasteiger partial charge on any atom is 0.408 e. The van der Waals surface area contributed by atoms with Crippen LogP contribution in [0.1, 0.15) is 95.4 Å². The maximum atomic E-state index is 14.3. The second-order valence-corrected chi connectivity index (χ2v) is 11.5. The van der Waals surface area contributed by atoms with Gasteiger partial charge in [-0.1, -0.05) is 81.0 Å². The quantitative estimate of drug-likeness (QED) is 0.187. The zero-order valence-corrected chi connectivity index (χ0v) is 25.9. The van der Waals surface area contributed by atoms with Gasteiger partial charge in [0.15, 0.2) is 0 Å². The zero-order valence-electron chi connectivity index (χ0n) is 25.9. The molecule has 2 aromatic rings. The van der Waals surface area contributed by atoms with Crippen molar-refractivity contribution in [3.05, 3.63) is 71.3 Å². The molecule has 0 aliphatic carbocycles. The summed E-state index contributed by atoms with van der Waals surface area (Å²) in [5, 5.41) is 5.60. The van der Waals surface area contributed by atoms with Gasteiger partial charge in [-0.3, -0.25) is 14.4 Å². The highest BCUT2D eigenvalue weighted by Crippen LogP contribution is 2.25. The van der Waals surface area contributed by atoms with E-state index in [1.54, 1.807) is 45.0 Å². The number of hydrogen-bond donors (Lipinski definition) is 3. The number of rotatable bonds is 16. The predicted octanol–water partition coefficient (Wildman–Crippen LogP) is 4.98. The number of carbonyl (C=O) groups excluding carboxylic acids is 4. The Morgan fingerprint density at radius 3 is 2.21 bits per heavy atom. The third-order valence-corrected chi connectivity index (χ3v) is 6.72. The van der Waals surface area contributed by atoms with Crippen LogP contribution in [-0.2, 0) is 25.7 Å². The molecule has 0 spiro atoms. The standard InChI is InChI=1S/C34H46N4O5/c1-6-8-9-10-14-23-38(32(41)28(21-22-29(35)39)37-33(42)43-34(3,4)5)30(27-19-17-25(7-2)18-20-27)31(40)36-24-26-15-12-11-13-16-26/h2,11-13,15-20,28,30H,6,8-10,14,21-24H2,1,3-5H3,(H2,35,39)(H,36,40)(H,37,42). The number of ether oxygens (including phenoxy) is 1. The monoisotopic (exact) mass is 590 g/mol. The summed E-state index contributed by atoms with van der Waals surface area (Å²) in [5.74, 6) is 1.07. The largest absolute Gasteiger partial charge is 0.444 e. The van der Waals surface area contributed by atoms with Crippen LogP contribution in [0.15, 0.2) is 54.6 Å². The Morgan fingerprint density at radius 1 is 0.977 bits per heavy atom. The van der Waals surface area contributed by atoms with Crippen LogP contribution in [0.5, 0.6) is 0 Å². The summed E-state index contributed by atoms with van der Waals surface area (Å²) in [6.07, 6.45) is 9.18. The van der Waals surface area contributed by atoms with Gasteiger partial charge in [-0.15, -0.1) is 6.42 Å². The molecule has 0 fully saturated rings. The molecule has 0 aliphatic rings. The summed E-state index contributed by atoms with van der Waals surface area (Å²) in [5.41, 5.74) is 6.71. The van der Waals surface area contributed by atoms with Gasteiger partial charge in [0.2, 0.25) is 17.7 Å². The van der Waals surface area contributed by atoms with Crippen molar-refractivity contribution in [3.63, 3.8) is 0 Å². The van der Waals surface area contributed by atoms with Gasteiger partial charge < -0.3 is 26.0 Å². The molecule has 9 nitrogen and oxygen atoms in total. The van der Waals surface area contributed by atoms with Gasteiger partial charge in [-0.2, -0.15) is 0 Å². The Bertz CT molecular complexity index is 1230. The van der Waals surface area contributed by atoms with E-state index in [0.717, 1.165) is 31.2 Å². The van der Waals surface area contributed by atoms with Crippen LogP contribution < -0.4 is 16.4 Å². The zero-order chi connectivity index (χ0) is 31.8. The maximum absolute atomic E-state index is 14.3. The first-order valence-electron chi connectivity index (χ1n) is 14.9. The lowest BCUT2D eigenvalue weighted by atomic mass is 9.99. The summed E-state index contributed by atoms with van der Waals surface area (Å²) in [6, 6.07) is 14.2. The highest BCUT2D eigenvalue weighted by molar-refractivity contribution is 5.92. The molecular weight excluding hydrogens is 544 g/mol. The fourth-order valence-corrected chi connectivity index (χ4v) is 4.56. The first kappa shape index (κ1) is 34.9. The van der Waals surface area contributed by atoms with E-state index in [2.05, 4.69) is 23.5 Å². The molecule has 0 heterocycles. The summed E-state index contributed by atoms with van der Waals surface area (Å²) in [6.45, 7) is 7.77. The molecule has 0 aliphatic heterocycles. The van der Waals surface area contributed by atoms with E-state index >= 15 is 0 Å². The van der Waals surface area contributed by atoms with E-state index in [1.807, 2.05) is 30.3 Å². The number of alkyl carbamates (subject to hydrolysis) is 1. The number of amides is 4. The molecular formula is C34H46N4O5. The molecule has 232 valence electrons. The number of unbranched alkanes of at least 4 members (excludes halogenated alkanes) is 4. The molecule has 9 heteroatoms. The number of nitrogens with one attached hydrogen (secondary N) is 2. The number of nitrogens with zero attached hydrogens (tertiary/aromatic N) is 1. The third kappa shape index (κ3) is 12.6. The summed E-state index contributed by atoms with van der Waals surface area (Å²) in [4.78, 5) is 54.1. The molecule has 0 saturated heterocycles. The highest BCUT2D eigenvalue weighted by Gasteiger charge is 2.36. The van der Waals surface area contributed by atoms with Crippen LogP contribution >= 0.6 is 0 Å². The normalized spacial score (nSPS) is 12.3. The minimum atomic E-state index is -1.15. The van der Waals surface area contributed by atoms with Gasteiger partial charge in [0, 0.05) is 25.1 Å². The molecule has 2 atom stereocenters. The lowest BCUT2D eigenvalue weighted by molar-refractivity contribution is -0.143. The van der Waals surface area contributed by atoms with E-state index in [9.17, 15) is 19.2 Å². The Morgan fingerprint density at radius 2 is 1.63 bits per heavy atom. The molecule has 43 heavy (non-hydrogen) atoms. The van der Waals surface area contributed by atoms with Gasteiger partial charge >= 0.3 is 6.09 Å². The molecule has 0 bridgehead atoms. The number of primary amides is 1. The predicted molar refractivity (Wildman–Crippen MR) is 167 cm³/mol. The van der Waals surface area contributed by atoms with Crippen LogP contribution in [-0.4, -0.2) is 46.9 Å². The molecule has 2 rings (SSSR count). The van der Waals surface area contributed by atoms with Crippen LogP contribution in [0.4, 0.5) is 4.79 Å². The number of terminal acetylenes is 1. The minimum absolute atomic E-state index is 0.0475. The van der Waals surface area contributed by atoms with Crippen molar-refractivity contribution in [2.75, 3.05) is 6.54 Å². The van der Waals surface area contributed by atoms with Crippen molar-refractivity contribution in [3.8, 4) is 12.3 Å². The highest BCUT2D eigenvalue weighted by atomic mass is 16.6. The molecule has 4 N–H and O–H groups in total. The summed E-state index contributed by atoms with van der Waals surface area (Å²) in [7, 11) is 0. The van der Waals surface area contributed by atoms with Gasteiger partial charge in [0.25, 0.3) is 0 Å². The van der Waals surface area contributed by atoms with E-state index < -0.39 is 35.6 Å². The van der Waals surface area contributed by atoms with Gasteiger partial charge in [0.1, 0.15) is 17.7 Å². The molecule has 0 saturated carbocycles. The van der Waals surface area contributed by atoms with Crippen molar-refractivity contribution in [1.82, 2.24) is 15.5 Å². The second-order valence-electron chi connectivity index (χ2n) is 11.5. The average Bonchev–Trinajstić information content (AvgIpc) is 2.96. The molecule has 2 unspecified atom stereocenters. The van der Waals surface area contributed by atoms with E-state index in [4.69, 9.17) is 16.9 Å². The van der Waals surface area contributed by atoms with Crippen molar-refractivity contribution >= 4 is 23.8 Å². The first-order valence-corrected chi connectivity index (χ1v) is 14.9. The Balaban J connectivity index is 2.50. The van der Waals surface area contributed by atoms with E-state index in [1.165, 1.54) is 4.90 Å². The number of carbonyl (C=O) groups is 4. The van der Waals surface area contributed by atoms with Crippen LogP contribution in [0.2, 0.25) is 0 Å². The molecule has 0 aromatic heterocycles. The fraction of sp³-hybridized carbons (Fsp3) is 0.471. The van der Waals surface area contributed by atoms with Gasteiger partial charge in [-0.05, 0) is 56.9 Å². The summed E-state index contributed by atoms with van der Waals surface area (Å²) >= 11 is 0. The SMILES string of the molecule is C#Cc1ccc(C(C(=O)NCc2ccccc2)N(CCCCCCC)C(=O)C(CCC(N)=O)NC(=O)OC(C)(C)C)cc1. The molecule has 2 aromatic carbocycles. The van der Waals surface area contributed by atoms with Crippen LogP contribution in [0.25, 0.3) is 0 Å². The summed E-state index contributed by atoms with van der Waals surface area (Å²) < 4.78 is 5.40. The Hall–Kier alpha value is -4.32. The van der Waals surface area contributed by atoms with Gasteiger partial charge in [0.05, 0.1) is 0 Å². The minimum Gasteiger partial charge on any atom is -0.444 e. The lowest BCUT2D eigenvalue weighted by Crippen LogP contribution is -2.53. The molecule has 4 amide bonds.